The second kappa shape index (κ2) is 8.71. The summed E-state index contributed by atoms with van der Waals surface area (Å²) in [6, 6.07) is 8.24. The van der Waals surface area contributed by atoms with Crippen LogP contribution in [-0.2, 0) is 22.8 Å². The van der Waals surface area contributed by atoms with Gasteiger partial charge in [-0.2, -0.15) is 0 Å². The zero-order chi connectivity index (χ0) is 15.3. The van der Waals surface area contributed by atoms with Crippen LogP contribution < -0.4 is 10.6 Å². The zero-order valence-electron chi connectivity index (χ0n) is 13.0. The highest BCUT2D eigenvalue weighted by Crippen LogP contribution is 2.11. The number of guanidine groups is 1. The van der Waals surface area contributed by atoms with Crippen LogP contribution in [0.15, 0.2) is 29.3 Å². The maximum atomic E-state index is 11.5. The van der Waals surface area contributed by atoms with Gasteiger partial charge in [-0.3, -0.25) is 4.99 Å². The Hall–Kier alpha value is -0.830. The molecule has 0 aliphatic carbocycles. The lowest BCUT2D eigenvalue weighted by Crippen LogP contribution is -2.43. The fourth-order valence-corrected chi connectivity index (χ4v) is 4.22. The monoisotopic (exact) mass is 437 g/mol. The summed E-state index contributed by atoms with van der Waals surface area (Å²) in [6.07, 6.45) is 1.64. The van der Waals surface area contributed by atoms with Crippen LogP contribution >= 0.6 is 24.0 Å². The molecule has 0 aromatic heterocycles. The maximum Gasteiger partial charge on any atom is 0.191 e. The van der Waals surface area contributed by atoms with Crippen molar-refractivity contribution >= 4 is 39.8 Å². The molecule has 0 bridgehead atoms. The van der Waals surface area contributed by atoms with E-state index in [-0.39, 0.29) is 41.5 Å². The molecule has 124 valence electrons. The third-order valence-electron chi connectivity index (χ3n) is 3.74. The first kappa shape index (κ1) is 19.2. The van der Waals surface area contributed by atoms with Crippen molar-refractivity contribution in [1.82, 2.24) is 10.6 Å². The van der Waals surface area contributed by atoms with Gasteiger partial charge in [-0.25, -0.2) is 8.42 Å². The van der Waals surface area contributed by atoms with Crippen LogP contribution in [0.3, 0.4) is 0 Å². The highest BCUT2D eigenvalue weighted by molar-refractivity contribution is 14.0. The predicted octanol–water partition coefficient (Wildman–Crippen LogP) is 1.72. The molecule has 22 heavy (non-hydrogen) atoms. The molecule has 2 N–H and O–H groups in total. The van der Waals surface area contributed by atoms with Gasteiger partial charge in [0.25, 0.3) is 0 Å². The second-order valence-corrected chi connectivity index (χ2v) is 7.52. The molecule has 0 spiro atoms. The number of aliphatic imine (C=N–C) groups is 1. The van der Waals surface area contributed by atoms with Gasteiger partial charge in [0.15, 0.2) is 15.8 Å². The summed E-state index contributed by atoms with van der Waals surface area (Å²) >= 11 is 0. The minimum absolute atomic E-state index is 0. The van der Waals surface area contributed by atoms with E-state index in [9.17, 15) is 8.42 Å². The SMILES string of the molecule is CCc1ccccc1CNC(=NC)NC1CCS(=O)(=O)C1.I. The third-order valence-corrected chi connectivity index (χ3v) is 5.51. The number of aryl methyl sites for hydroxylation is 1. The van der Waals surface area contributed by atoms with Gasteiger partial charge in [-0.05, 0) is 24.0 Å². The molecule has 1 atom stereocenters. The topological polar surface area (TPSA) is 70.6 Å². The number of halogens is 1. The zero-order valence-corrected chi connectivity index (χ0v) is 16.1. The number of rotatable bonds is 4. The summed E-state index contributed by atoms with van der Waals surface area (Å²) in [5.74, 6) is 1.11. The van der Waals surface area contributed by atoms with Crippen LogP contribution in [0.5, 0.6) is 0 Å². The van der Waals surface area contributed by atoms with E-state index in [0.29, 0.717) is 18.9 Å². The molecule has 1 aromatic carbocycles. The van der Waals surface area contributed by atoms with E-state index in [0.717, 1.165) is 6.42 Å². The Morgan fingerprint density at radius 2 is 2.00 bits per heavy atom. The largest absolute Gasteiger partial charge is 0.353 e. The first-order valence-electron chi connectivity index (χ1n) is 7.28. The molecule has 0 amide bonds. The molecule has 1 aliphatic heterocycles. The Morgan fingerprint density at radius 1 is 1.32 bits per heavy atom. The molecular formula is C15H24IN3O2S. The Labute approximate surface area is 149 Å². The number of nitrogens with zero attached hydrogens (tertiary/aromatic N) is 1. The second-order valence-electron chi connectivity index (χ2n) is 5.29. The molecule has 0 saturated carbocycles. The number of nitrogens with one attached hydrogen (secondary N) is 2. The maximum absolute atomic E-state index is 11.5. The lowest BCUT2D eigenvalue weighted by Gasteiger charge is -2.17. The first-order valence-corrected chi connectivity index (χ1v) is 9.10. The van der Waals surface area contributed by atoms with Gasteiger partial charge in [-0.15, -0.1) is 24.0 Å². The molecule has 0 radical (unpaired) electrons. The van der Waals surface area contributed by atoms with Crippen molar-refractivity contribution in [3.63, 3.8) is 0 Å². The molecule has 5 nitrogen and oxygen atoms in total. The highest BCUT2D eigenvalue weighted by atomic mass is 127. The van der Waals surface area contributed by atoms with Crippen molar-refractivity contribution in [3.05, 3.63) is 35.4 Å². The Kier molecular flexibility index (Phi) is 7.61. The minimum atomic E-state index is -2.87. The van der Waals surface area contributed by atoms with Gasteiger partial charge >= 0.3 is 0 Å². The summed E-state index contributed by atoms with van der Waals surface area (Å²) in [5, 5.41) is 6.45. The Balaban J connectivity index is 0.00000242. The van der Waals surface area contributed by atoms with Gasteiger partial charge in [0.2, 0.25) is 0 Å². The number of hydrogen-bond acceptors (Lipinski definition) is 3. The average molecular weight is 437 g/mol. The summed E-state index contributed by atoms with van der Waals surface area (Å²) < 4.78 is 22.9. The van der Waals surface area contributed by atoms with Crippen LogP contribution in [-0.4, -0.2) is 39.0 Å². The summed E-state index contributed by atoms with van der Waals surface area (Å²) in [5.41, 5.74) is 2.55. The van der Waals surface area contributed by atoms with Gasteiger partial charge in [-0.1, -0.05) is 31.2 Å². The Bertz CT molecular complexity index is 617. The average Bonchev–Trinajstić information content (AvgIpc) is 2.82. The molecule has 1 unspecified atom stereocenters. The number of hydrogen-bond donors (Lipinski definition) is 2. The van der Waals surface area contributed by atoms with E-state index in [1.165, 1.54) is 11.1 Å². The molecule has 1 aromatic rings. The van der Waals surface area contributed by atoms with Gasteiger partial charge in [0.1, 0.15) is 0 Å². The van der Waals surface area contributed by atoms with Crippen molar-refractivity contribution in [2.45, 2.75) is 32.4 Å². The molecule has 1 aliphatic rings. The summed E-state index contributed by atoms with van der Waals surface area (Å²) in [6.45, 7) is 2.82. The smallest absolute Gasteiger partial charge is 0.191 e. The molecule has 2 rings (SSSR count). The molecule has 1 heterocycles. The normalized spacial score (nSPS) is 20.3. The standard InChI is InChI=1S/C15H23N3O2S.HI/c1-3-12-6-4-5-7-13(12)10-17-15(16-2)18-14-8-9-21(19,20)11-14;/h4-7,14H,3,8-11H2,1-2H3,(H2,16,17,18);1H. The van der Waals surface area contributed by atoms with Crippen LogP contribution in [0.25, 0.3) is 0 Å². The lowest BCUT2D eigenvalue weighted by atomic mass is 10.1. The van der Waals surface area contributed by atoms with Crippen molar-refractivity contribution in [2.24, 2.45) is 4.99 Å². The highest BCUT2D eigenvalue weighted by Gasteiger charge is 2.28. The summed E-state index contributed by atoms with van der Waals surface area (Å²) in [7, 11) is -1.17. The van der Waals surface area contributed by atoms with Crippen LogP contribution in [0.2, 0.25) is 0 Å². The number of sulfone groups is 1. The molecule has 7 heteroatoms. The lowest BCUT2D eigenvalue weighted by molar-refractivity contribution is 0.599. The van der Waals surface area contributed by atoms with Crippen molar-refractivity contribution in [1.29, 1.82) is 0 Å². The van der Waals surface area contributed by atoms with Gasteiger partial charge in [0, 0.05) is 19.6 Å². The van der Waals surface area contributed by atoms with E-state index in [4.69, 9.17) is 0 Å². The van der Waals surface area contributed by atoms with Crippen LogP contribution in [0, 0.1) is 0 Å². The van der Waals surface area contributed by atoms with Crippen molar-refractivity contribution in [2.75, 3.05) is 18.6 Å². The van der Waals surface area contributed by atoms with Crippen molar-refractivity contribution in [3.8, 4) is 0 Å². The molecule has 1 fully saturated rings. The van der Waals surface area contributed by atoms with Crippen LogP contribution in [0.1, 0.15) is 24.5 Å². The molecule has 1 saturated heterocycles. The summed E-state index contributed by atoms with van der Waals surface area (Å²) in [4.78, 5) is 4.17. The number of benzene rings is 1. The van der Waals surface area contributed by atoms with Crippen molar-refractivity contribution < 1.29 is 8.42 Å². The molecular weight excluding hydrogens is 413 g/mol. The predicted molar refractivity (Wildman–Crippen MR) is 102 cm³/mol. The van der Waals surface area contributed by atoms with Gasteiger partial charge in [0.05, 0.1) is 11.5 Å². The van der Waals surface area contributed by atoms with E-state index < -0.39 is 9.84 Å². The van der Waals surface area contributed by atoms with Gasteiger partial charge < -0.3 is 10.6 Å². The van der Waals surface area contributed by atoms with E-state index >= 15 is 0 Å². The van der Waals surface area contributed by atoms with E-state index in [1.54, 1.807) is 7.05 Å². The Morgan fingerprint density at radius 3 is 2.55 bits per heavy atom. The quantitative estimate of drug-likeness (QED) is 0.428. The van der Waals surface area contributed by atoms with E-state index in [1.807, 2.05) is 12.1 Å². The fourth-order valence-electron chi connectivity index (χ4n) is 2.55. The van der Waals surface area contributed by atoms with E-state index in [2.05, 4.69) is 34.7 Å². The fraction of sp³-hybridized carbons (Fsp3) is 0.533. The third kappa shape index (κ3) is 5.42. The first-order chi connectivity index (χ1) is 10.0. The van der Waals surface area contributed by atoms with Crippen LogP contribution in [0.4, 0.5) is 0 Å². The minimum Gasteiger partial charge on any atom is -0.353 e.